The molecule has 0 saturated heterocycles. The van der Waals surface area contributed by atoms with Crippen LogP contribution in [0.3, 0.4) is 0 Å². The van der Waals surface area contributed by atoms with Gasteiger partial charge >= 0.3 is 5.97 Å². The molecule has 2 aromatic rings. The molecule has 0 heterocycles. The van der Waals surface area contributed by atoms with Crippen LogP contribution in [0.15, 0.2) is 53.4 Å². The lowest BCUT2D eigenvalue weighted by Crippen LogP contribution is -2.33. The number of amides is 1. The third-order valence-corrected chi connectivity index (χ3v) is 4.66. The number of halogens is 1. The van der Waals surface area contributed by atoms with Gasteiger partial charge in [0, 0.05) is 0 Å². The van der Waals surface area contributed by atoms with Crippen LogP contribution >= 0.6 is 0 Å². The van der Waals surface area contributed by atoms with Gasteiger partial charge in [-0.3, -0.25) is 4.79 Å². The maximum absolute atomic E-state index is 12.9. The molecule has 0 saturated carbocycles. The van der Waals surface area contributed by atoms with E-state index in [1.165, 1.54) is 12.1 Å². The molecule has 0 spiro atoms. The maximum Gasteiger partial charge on any atom is 0.340 e. The summed E-state index contributed by atoms with van der Waals surface area (Å²) in [6.07, 6.45) is 0. The minimum atomic E-state index is -3.97. The summed E-state index contributed by atoms with van der Waals surface area (Å²) in [5.41, 5.74) is 0.362. The lowest BCUT2D eigenvalue weighted by Gasteiger charge is -2.11. The molecule has 9 heteroatoms. The van der Waals surface area contributed by atoms with Gasteiger partial charge in [-0.05, 0) is 43.3 Å². The van der Waals surface area contributed by atoms with Crippen molar-refractivity contribution in [1.29, 1.82) is 0 Å². The van der Waals surface area contributed by atoms with Gasteiger partial charge in [0.2, 0.25) is 15.9 Å². The number of sulfonamides is 1. The van der Waals surface area contributed by atoms with Crippen molar-refractivity contribution in [1.82, 2.24) is 4.72 Å². The zero-order chi connectivity index (χ0) is 19.2. The number of rotatable bonds is 7. The summed E-state index contributed by atoms with van der Waals surface area (Å²) in [7, 11) is -3.97. The normalized spacial score (nSPS) is 11.0. The number of para-hydroxylation sites is 1. The van der Waals surface area contributed by atoms with Gasteiger partial charge in [0.15, 0.2) is 0 Å². The monoisotopic (exact) mass is 380 g/mol. The molecule has 0 aliphatic carbocycles. The van der Waals surface area contributed by atoms with Crippen molar-refractivity contribution in [2.75, 3.05) is 18.5 Å². The molecule has 0 atom stereocenters. The molecule has 0 bridgehead atoms. The molecule has 1 amide bonds. The minimum Gasteiger partial charge on any atom is -0.462 e. The third-order valence-electron chi connectivity index (χ3n) is 3.24. The Morgan fingerprint density at radius 2 is 1.73 bits per heavy atom. The van der Waals surface area contributed by atoms with Crippen LogP contribution in [0.5, 0.6) is 0 Å². The van der Waals surface area contributed by atoms with Crippen LogP contribution in [0.2, 0.25) is 0 Å². The number of anilines is 1. The highest BCUT2D eigenvalue weighted by molar-refractivity contribution is 7.89. The van der Waals surface area contributed by atoms with Crippen molar-refractivity contribution >= 4 is 27.6 Å². The van der Waals surface area contributed by atoms with Crippen molar-refractivity contribution in [2.45, 2.75) is 11.8 Å². The van der Waals surface area contributed by atoms with Gasteiger partial charge in [-0.1, -0.05) is 12.1 Å². The number of carbonyl (C=O) groups excluding carboxylic acids is 2. The van der Waals surface area contributed by atoms with Crippen LogP contribution in [0.1, 0.15) is 17.3 Å². The fourth-order valence-electron chi connectivity index (χ4n) is 2.03. The second-order valence-corrected chi connectivity index (χ2v) is 6.86. The molecule has 138 valence electrons. The van der Waals surface area contributed by atoms with Gasteiger partial charge in [0.25, 0.3) is 0 Å². The fraction of sp³-hybridized carbons (Fsp3) is 0.176. The van der Waals surface area contributed by atoms with Crippen molar-refractivity contribution < 1.29 is 27.1 Å². The summed E-state index contributed by atoms with van der Waals surface area (Å²) in [5, 5.41) is 2.46. The first-order chi connectivity index (χ1) is 12.3. The van der Waals surface area contributed by atoms with Gasteiger partial charge in [0.05, 0.1) is 29.3 Å². The molecule has 0 aromatic heterocycles. The minimum absolute atomic E-state index is 0.157. The molecule has 7 nitrogen and oxygen atoms in total. The zero-order valence-corrected chi connectivity index (χ0v) is 14.7. The molecule has 0 fully saturated rings. The Kier molecular flexibility index (Phi) is 6.42. The van der Waals surface area contributed by atoms with E-state index in [1.807, 2.05) is 0 Å². The molecule has 2 aromatic carbocycles. The lowest BCUT2D eigenvalue weighted by molar-refractivity contribution is -0.115. The summed E-state index contributed by atoms with van der Waals surface area (Å²) >= 11 is 0. The molecule has 0 unspecified atom stereocenters. The number of benzene rings is 2. The van der Waals surface area contributed by atoms with Crippen LogP contribution in [0, 0.1) is 5.82 Å². The summed E-state index contributed by atoms with van der Waals surface area (Å²) in [6, 6.07) is 10.4. The molecular weight excluding hydrogens is 363 g/mol. The largest absolute Gasteiger partial charge is 0.462 e. The predicted octanol–water partition coefficient (Wildman–Crippen LogP) is 1.92. The summed E-state index contributed by atoms with van der Waals surface area (Å²) in [6.45, 7) is 1.28. The number of hydrogen-bond acceptors (Lipinski definition) is 5. The molecule has 0 aliphatic rings. The quantitative estimate of drug-likeness (QED) is 0.715. The van der Waals surface area contributed by atoms with Gasteiger partial charge in [0.1, 0.15) is 5.82 Å². The Hall–Kier alpha value is -2.78. The highest BCUT2D eigenvalue weighted by atomic mass is 32.2. The number of esters is 1. The summed E-state index contributed by atoms with van der Waals surface area (Å²) in [4.78, 5) is 23.7. The van der Waals surface area contributed by atoms with Crippen LogP contribution in [0.25, 0.3) is 0 Å². The highest BCUT2D eigenvalue weighted by Crippen LogP contribution is 2.16. The van der Waals surface area contributed by atoms with E-state index in [9.17, 15) is 22.4 Å². The second-order valence-electron chi connectivity index (χ2n) is 5.09. The molecule has 0 aliphatic heterocycles. The van der Waals surface area contributed by atoms with Gasteiger partial charge in [-0.15, -0.1) is 0 Å². The Morgan fingerprint density at radius 1 is 1.08 bits per heavy atom. The first-order valence-corrected chi connectivity index (χ1v) is 9.13. The van der Waals surface area contributed by atoms with Gasteiger partial charge in [-0.2, -0.15) is 0 Å². The Morgan fingerprint density at radius 3 is 2.38 bits per heavy atom. The van der Waals surface area contributed by atoms with Crippen molar-refractivity contribution in [3.05, 3.63) is 59.9 Å². The molecule has 0 radical (unpaired) electrons. The second kappa shape index (κ2) is 8.54. The Labute approximate surface area is 150 Å². The van der Waals surface area contributed by atoms with Crippen molar-refractivity contribution in [2.24, 2.45) is 0 Å². The zero-order valence-electron chi connectivity index (χ0n) is 13.9. The summed E-state index contributed by atoms with van der Waals surface area (Å²) in [5.74, 6) is -1.85. The van der Waals surface area contributed by atoms with Crippen LogP contribution in [-0.2, 0) is 19.6 Å². The first kappa shape index (κ1) is 19.5. The van der Waals surface area contributed by atoms with E-state index in [4.69, 9.17) is 4.74 Å². The maximum atomic E-state index is 12.9. The van der Waals surface area contributed by atoms with Crippen molar-refractivity contribution in [3.8, 4) is 0 Å². The summed E-state index contributed by atoms with van der Waals surface area (Å²) < 4.78 is 44.0. The van der Waals surface area contributed by atoms with E-state index >= 15 is 0 Å². The number of carbonyl (C=O) groups is 2. The number of hydrogen-bond donors (Lipinski definition) is 2. The lowest BCUT2D eigenvalue weighted by atomic mass is 10.2. The number of ether oxygens (including phenoxy) is 1. The number of nitrogens with one attached hydrogen (secondary N) is 2. The van der Waals surface area contributed by atoms with Crippen LogP contribution in [0.4, 0.5) is 10.1 Å². The van der Waals surface area contributed by atoms with Crippen LogP contribution < -0.4 is 10.0 Å². The molecule has 2 N–H and O–H groups in total. The first-order valence-electron chi connectivity index (χ1n) is 7.64. The Balaban J connectivity index is 2.03. The van der Waals surface area contributed by atoms with E-state index in [1.54, 1.807) is 19.1 Å². The van der Waals surface area contributed by atoms with Crippen LogP contribution in [-0.4, -0.2) is 33.4 Å². The average molecular weight is 380 g/mol. The molecule has 26 heavy (non-hydrogen) atoms. The molecule has 2 rings (SSSR count). The van der Waals surface area contributed by atoms with E-state index in [2.05, 4.69) is 10.0 Å². The standard InChI is InChI=1S/C17H17FN2O5S/c1-2-25-17(22)14-5-3-4-6-15(14)20-16(21)11-19-26(23,24)13-9-7-12(18)8-10-13/h3-10,19H,2,11H2,1H3,(H,20,21). The molecular formula is C17H17FN2O5S. The third kappa shape index (κ3) is 5.11. The van der Waals surface area contributed by atoms with Gasteiger partial charge < -0.3 is 10.1 Å². The van der Waals surface area contributed by atoms with Gasteiger partial charge in [-0.25, -0.2) is 22.3 Å². The SMILES string of the molecule is CCOC(=O)c1ccccc1NC(=O)CNS(=O)(=O)c1ccc(F)cc1. The van der Waals surface area contributed by atoms with Crippen molar-refractivity contribution in [3.63, 3.8) is 0 Å². The fourth-order valence-corrected chi connectivity index (χ4v) is 3.01. The topological polar surface area (TPSA) is 102 Å². The van der Waals surface area contributed by atoms with E-state index in [0.717, 1.165) is 24.3 Å². The highest BCUT2D eigenvalue weighted by Gasteiger charge is 2.17. The van der Waals surface area contributed by atoms with E-state index in [-0.39, 0.29) is 22.8 Å². The predicted molar refractivity (Wildman–Crippen MR) is 92.6 cm³/mol. The smallest absolute Gasteiger partial charge is 0.340 e. The average Bonchev–Trinajstić information content (AvgIpc) is 2.61. The Bertz CT molecular complexity index is 898. The van der Waals surface area contributed by atoms with E-state index < -0.39 is 34.3 Å². The van der Waals surface area contributed by atoms with E-state index in [0.29, 0.717) is 0 Å².